The van der Waals surface area contributed by atoms with Crippen molar-refractivity contribution in [3.63, 3.8) is 0 Å². The van der Waals surface area contributed by atoms with E-state index >= 15 is 0 Å². The molecule has 0 aromatic heterocycles. The van der Waals surface area contributed by atoms with Gasteiger partial charge >= 0.3 is 0 Å². The first-order valence-corrected chi connectivity index (χ1v) is 3.76. The van der Waals surface area contributed by atoms with Crippen LogP contribution >= 0.6 is 0 Å². The van der Waals surface area contributed by atoms with Gasteiger partial charge in [0, 0.05) is 21.1 Å². The molecule has 70 valence electrons. The first-order chi connectivity index (χ1) is 5.83. The Labute approximate surface area is 90.7 Å². The summed E-state index contributed by atoms with van der Waals surface area (Å²) in [4.78, 5) is 20.3. The third kappa shape index (κ3) is 2.59. The minimum absolute atomic E-state index is 0. The minimum Gasteiger partial charge on any atom is -0.188 e. The van der Waals surface area contributed by atoms with Crippen molar-refractivity contribution in [1.82, 2.24) is 0 Å². The Kier molecular flexibility index (Phi) is 5.47. The van der Waals surface area contributed by atoms with Gasteiger partial charge in [-0.2, -0.15) is 21.0 Å². The Balaban J connectivity index is 0.00000144. The number of hydrogen-bond donors (Lipinski definition) is 0. The molecule has 1 aliphatic rings. The zero-order valence-electron chi connectivity index (χ0n) is 7.19. The monoisotopic (exact) mass is 349 g/mol. The van der Waals surface area contributed by atoms with Crippen LogP contribution < -0.4 is 0 Å². The Morgan fingerprint density at radius 3 is 2.54 bits per heavy atom. The summed E-state index contributed by atoms with van der Waals surface area (Å²) in [6, 6.07) is 0. The van der Waals surface area contributed by atoms with Gasteiger partial charge in [0.25, 0.3) is 0 Å². The van der Waals surface area contributed by atoms with E-state index in [9.17, 15) is 9.81 Å². The van der Waals surface area contributed by atoms with Crippen LogP contribution in [-0.4, -0.2) is 0 Å². The summed E-state index contributed by atoms with van der Waals surface area (Å²) in [5, 5.41) is 5.15. The number of nitrogens with zero attached hydrogens (tertiary/aromatic N) is 2. The predicted molar refractivity (Wildman–Crippen MR) is 45.9 cm³/mol. The molecule has 0 heterocycles. The normalized spacial score (nSPS) is 13.9. The molecule has 0 saturated heterocycles. The largest absolute Gasteiger partial charge is 0.188 e. The van der Waals surface area contributed by atoms with Crippen molar-refractivity contribution in [2.75, 3.05) is 0 Å². The van der Waals surface area contributed by atoms with Gasteiger partial charge in [-0.3, -0.25) is 0 Å². The van der Waals surface area contributed by atoms with Crippen molar-refractivity contribution in [2.45, 2.75) is 19.8 Å². The fourth-order valence-corrected chi connectivity index (χ4v) is 1.24. The molecule has 0 aromatic rings. The van der Waals surface area contributed by atoms with Crippen molar-refractivity contribution in [3.05, 3.63) is 39.3 Å². The molecule has 0 bridgehead atoms. The van der Waals surface area contributed by atoms with Gasteiger partial charge in [0.1, 0.15) is 0 Å². The van der Waals surface area contributed by atoms with Crippen LogP contribution in [0, 0.1) is 16.0 Å². The summed E-state index contributed by atoms with van der Waals surface area (Å²) in [5.41, 5.74) is 1.65. The van der Waals surface area contributed by atoms with E-state index < -0.39 is 0 Å². The second-order valence-corrected chi connectivity index (χ2v) is 2.47. The van der Waals surface area contributed by atoms with E-state index in [1.165, 1.54) is 0 Å². The van der Waals surface area contributed by atoms with Gasteiger partial charge in [0.05, 0.1) is 6.17 Å². The summed E-state index contributed by atoms with van der Waals surface area (Å²) in [6.07, 6.45) is 4.96. The van der Waals surface area contributed by atoms with Crippen molar-refractivity contribution in [1.29, 1.82) is 0 Å². The van der Waals surface area contributed by atoms with Crippen LogP contribution in [0.2, 0.25) is 0 Å². The maximum atomic E-state index is 10.1. The molecule has 0 unspecified atom stereocenters. The van der Waals surface area contributed by atoms with Crippen LogP contribution in [0.4, 0.5) is 0 Å². The standard InChI is InChI=1S/C8H9N2O2.W/c1-2-6-4-3-5-7(6)8(9-11)10-12;/h3-4H,2,5H2,1H3;/q-1;. The molecule has 13 heavy (non-hydrogen) atoms. The number of hydrogen-bond acceptors (Lipinski definition) is 4. The zero-order chi connectivity index (χ0) is 8.97. The van der Waals surface area contributed by atoms with Crippen molar-refractivity contribution in [3.8, 4) is 0 Å². The van der Waals surface area contributed by atoms with E-state index in [0.29, 0.717) is 12.0 Å². The second-order valence-electron chi connectivity index (χ2n) is 2.47. The second kappa shape index (κ2) is 5.81. The predicted octanol–water partition coefficient (Wildman–Crippen LogP) is 2.67. The van der Waals surface area contributed by atoms with Crippen LogP contribution in [0.5, 0.6) is 0 Å². The number of rotatable bonds is 4. The fourth-order valence-electron chi connectivity index (χ4n) is 1.24. The molecule has 1 aliphatic carbocycles. The molecule has 0 aliphatic heterocycles. The third-order valence-corrected chi connectivity index (χ3v) is 1.85. The van der Waals surface area contributed by atoms with Gasteiger partial charge in [-0.25, -0.2) is 0 Å². The topological polar surface area (TPSA) is 58.9 Å². The Morgan fingerprint density at radius 2 is 2.08 bits per heavy atom. The van der Waals surface area contributed by atoms with Crippen LogP contribution in [0.3, 0.4) is 0 Å². The van der Waals surface area contributed by atoms with Crippen LogP contribution in [0.25, 0.3) is 0 Å². The van der Waals surface area contributed by atoms with Gasteiger partial charge in [0.15, 0.2) is 0 Å². The molecule has 0 N–H and O–H groups in total. The minimum atomic E-state index is -0.211. The maximum Gasteiger partial charge on any atom is 0.0897 e. The molecule has 1 rings (SSSR count). The average molecular weight is 349 g/mol. The summed E-state index contributed by atoms with van der Waals surface area (Å²) < 4.78 is 0. The first kappa shape index (κ1) is 12.2. The molecule has 0 fully saturated rings. The van der Waals surface area contributed by atoms with E-state index in [1.807, 2.05) is 19.1 Å². The van der Waals surface area contributed by atoms with E-state index in [-0.39, 0.29) is 27.2 Å². The summed E-state index contributed by atoms with van der Waals surface area (Å²) in [6.45, 7) is 1.96. The molecule has 0 aromatic carbocycles. The van der Waals surface area contributed by atoms with Crippen LogP contribution in [0.1, 0.15) is 19.8 Å². The van der Waals surface area contributed by atoms with E-state index in [0.717, 1.165) is 12.0 Å². The zero-order valence-corrected chi connectivity index (χ0v) is 10.1. The van der Waals surface area contributed by atoms with Crippen molar-refractivity contribution in [2.24, 2.45) is 10.4 Å². The maximum absolute atomic E-state index is 10.1. The molecule has 0 spiro atoms. The van der Waals surface area contributed by atoms with Crippen molar-refractivity contribution >= 4 is 0 Å². The molecular weight excluding hydrogens is 340 g/mol. The summed E-state index contributed by atoms with van der Waals surface area (Å²) in [7, 11) is 0. The van der Waals surface area contributed by atoms with Crippen LogP contribution in [0.15, 0.2) is 33.7 Å². The van der Waals surface area contributed by atoms with Crippen LogP contribution in [-0.2, 0) is 21.1 Å². The fraction of sp³-hybridized carbons (Fsp3) is 0.375. The molecule has 5 heteroatoms. The van der Waals surface area contributed by atoms with Gasteiger partial charge in [0.2, 0.25) is 0 Å². The van der Waals surface area contributed by atoms with E-state index in [1.54, 1.807) is 0 Å². The quantitative estimate of drug-likeness (QED) is 0.579. The molecule has 0 amide bonds. The van der Waals surface area contributed by atoms with Gasteiger partial charge in [-0.05, 0) is 6.42 Å². The van der Waals surface area contributed by atoms with E-state index in [2.05, 4.69) is 10.4 Å². The smallest absolute Gasteiger partial charge is 0.0897 e. The Bertz CT molecular complexity index is 253. The van der Waals surface area contributed by atoms with Gasteiger partial charge < -0.3 is 0 Å². The Hall–Kier alpha value is -0.762. The third-order valence-electron chi connectivity index (χ3n) is 1.85. The molecule has 0 atom stereocenters. The summed E-state index contributed by atoms with van der Waals surface area (Å²) in [5.74, 6) is 0. The van der Waals surface area contributed by atoms with Crippen molar-refractivity contribution < 1.29 is 21.1 Å². The Morgan fingerprint density at radius 1 is 1.46 bits per heavy atom. The van der Waals surface area contributed by atoms with E-state index in [4.69, 9.17) is 0 Å². The SMILES string of the molecule is CCC1=C([C-](N=O)N=O)CC=C1.[W]. The number of allylic oxidation sites excluding steroid dienone is 3. The first-order valence-electron chi connectivity index (χ1n) is 3.76. The van der Waals surface area contributed by atoms with Gasteiger partial charge in [-0.1, -0.05) is 13.3 Å². The molecular formula is C8H9N2O2W-. The number of nitroso groups, excluding NO2 is 2. The molecule has 0 saturated carbocycles. The molecule has 0 radical (unpaired) electrons. The molecule has 4 nitrogen and oxygen atoms in total. The van der Waals surface area contributed by atoms with Gasteiger partial charge in [-0.15, -0.1) is 22.5 Å². The summed E-state index contributed by atoms with van der Waals surface area (Å²) >= 11 is 0. The average Bonchev–Trinajstić information content (AvgIpc) is 2.55.